The minimum absolute atomic E-state index is 0.0766. The molecule has 2 aromatic rings. The summed E-state index contributed by atoms with van der Waals surface area (Å²) in [6.07, 6.45) is 5.50. The van der Waals surface area contributed by atoms with Crippen LogP contribution in [0.25, 0.3) is 0 Å². The minimum atomic E-state index is -0.213. The molecule has 3 fully saturated rings. The Morgan fingerprint density at radius 1 is 0.903 bits per heavy atom. The fourth-order valence-corrected chi connectivity index (χ4v) is 6.04. The molecule has 0 unspecified atom stereocenters. The Kier molecular flexibility index (Phi) is 3.83. The maximum Gasteiger partial charge on any atom is 0.255 e. The number of anilines is 2. The largest absolute Gasteiger partial charge is 0.322 e. The summed E-state index contributed by atoms with van der Waals surface area (Å²) in [6.45, 7) is 3.94. The van der Waals surface area contributed by atoms with E-state index >= 15 is 0 Å². The second kappa shape index (κ2) is 6.39. The molecule has 5 heteroatoms. The van der Waals surface area contributed by atoms with E-state index in [9.17, 15) is 14.4 Å². The molecule has 0 radical (unpaired) electrons. The van der Waals surface area contributed by atoms with Crippen molar-refractivity contribution in [2.75, 3.05) is 10.2 Å². The number of nitrogens with zero attached hydrogens (tertiary/aromatic N) is 1. The highest BCUT2D eigenvalue weighted by Crippen LogP contribution is 2.65. The lowest BCUT2D eigenvalue weighted by atomic mass is 9.63. The number of carbonyl (C=O) groups excluding carboxylic acids is 3. The SMILES string of the molecule is Cc1ccc(C)c(NC(=O)c2ccc(N3C(=O)[C@@H]4[C@H]5C=C[C@@H]([C@@H]6C[C@@H]56)[C@@H]4C3=O)cc2)c1. The quantitative estimate of drug-likeness (QED) is 0.609. The zero-order valence-corrected chi connectivity index (χ0v) is 17.5. The van der Waals surface area contributed by atoms with Gasteiger partial charge in [0.25, 0.3) is 5.91 Å². The molecular weight excluding hydrogens is 388 g/mol. The third kappa shape index (κ3) is 2.65. The molecule has 1 N–H and O–H groups in total. The number of imide groups is 1. The number of carbonyl (C=O) groups is 3. The lowest BCUT2D eigenvalue weighted by Gasteiger charge is -2.37. The van der Waals surface area contributed by atoms with Crippen molar-refractivity contribution in [3.8, 4) is 0 Å². The molecule has 6 atom stereocenters. The van der Waals surface area contributed by atoms with E-state index in [2.05, 4.69) is 17.5 Å². The van der Waals surface area contributed by atoms with E-state index in [-0.39, 0.29) is 41.4 Å². The van der Waals surface area contributed by atoms with E-state index in [1.54, 1.807) is 24.3 Å². The summed E-state index contributed by atoms with van der Waals surface area (Å²) in [7, 11) is 0. The van der Waals surface area contributed by atoms with Gasteiger partial charge in [-0.15, -0.1) is 0 Å². The van der Waals surface area contributed by atoms with Crippen molar-refractivity contribution in [2.24, 2.45) is 35.5 Å². The molecule has 156 valence electrons. The number of aryl methyl sites for hydroxylation is 2. The molecule has 3 amide bonds. The van der Waals surface area contributed by atoms with Gasteiger partial charge in [0.2, 0.25) is 11.8 Å². The van der Waals surface area contributed by atoms with Gasteiger partial charge < -0.3 is 5.32 Å². The topological polar surface area (TPSA) is 66.5 Å². The van der Waals surface area contributed by atoms with Crippen molar-refractivity contribution in [2.45, 2.75) is 20.3 Å². The van der Waals surface area contributed by atoms with Crippen molar-refractivity contribution >= 4 is 29.1 Å². The Bertz CT molecular complexity index is 1130. The van der Waals surface area contributed by atoms with Crippen LogP contribution >= 0.6 is 0 Å². The summed E-state index contributed by atoms with van der Waals surface area (Å²) >= 11 is 0. The fourth-order valence-electron chi connectivity index (χ4n) is 6.04. The first-order valence-electron chi connectivity index (χ1n) is 11.0. The molecule has 5 aliphatic rings. The van der Waals surface area contributed by atoms with Gasteiger partial charge in [-0.1, -0.05) is 24.3 Å². The second-order valence-corrected chi connectivity index (χ2v) is 9.49. The Hall–Kier alpha value is -3.21. The first-order valence-corrected chi connectivity index (χ1v) is 11.0. The molecule has 1 aliphatic heterocycles. The number of hydrogen-bond donors (Lipinski definition) is 1. The number of benzene rings is 2. The monoisotopic (exact) mass is 412 g/mol. The molecule has 2 bridgehead atoms. The average Bonchev–Trinajstić information content (AvgIpc) is 3.54. The van der Waals surface area contributed by atoms with Crippen molar-refractivity contribution in [1.82, 2.24) is 0 Å². The van der Waals surface area contributed by atoms with Crippen LogP contribution in [0.4, 0.5) is 11.4 Å². The summed E-state index contributed by atoms with van der Waals surface area (Å²) in [4.78, 5) is 40.5. The van der Waals surface area contributed by atoms with Gasteiger partial charge in [-0.2, -0.15) is 0 Å². The van der Waals surface area contributed by atoms with E-state index in [1.807, 2.05) is 32.0 Å². The first-order chi connectivity index (χ1) is 14.9. The lowest BCUT2D eigenvalue weighted by Crippen LogP contribution is -2.40. The fraction of sp³-hybridized carbons (Fsp3) is 0.346. The van der Waals surface area contributed by atoms with Gasteiger partial charge in [0, 0.05) is 11.3 Å². The average molecular weight is 412 g/mol. The molecule has 4 aliphatic carbocycles. The van der Waals surface area contributed by atoms with Crippen molar-refractivity contribution < 1.29 is 14.4 Å². The van der Waals surface area contributed by atoms with E-state index in [4.69, 9.17) is 0 Å². The second-order valence-electron chi connectivity index (χ2n) is 9.49. The van der Waals surface area contributed by atoms with Crippen LogP contribution in [0.3, 0.4) is 0 Å². The first kappa shape index (κ1) is 18.6. The van der Waals surface area contributed by atoms with Crippen LogP contribution in [-0.4, -0.2) is 17.7 Å². The standard InChI is InChI=1S/C26H24N2O3/c1-13-3-4-14(2)21(11-13)27-24(29)15-5-7-16(8-6-15)28-25(30)22-17-9-10-18(20-12-19(17)20)23(22)26(28)31/h3-11,17-20,22-23H,12H2,1-2H3,(H,27,29)/t17-,18-,19-,20-,22-,23+/m0/s1. The number of allylic oxidation sites excluding steroid dienone is 2. The summed E-state index contributed by atoms with van der Waals surface area (Å²) in [6, 6.07) is 12.7. The van der Waals surface area contributed by atoms with E-state index in [0.717, 1.165) is 23.2 Å². The van der Waals surface area contributed by atoms with Crippen molar-refractivity contribution in [3.63, 3.8) is 0 Å². The molecule has 2 saturated carbocycles. The van der Waals surface area contributed by atoms with Crippen molar-refractivity contribution in [1.29, 1.82) is 0 Å². The molecule has 2 aromatic carbocycles. The Balaban J connectivity index is 1.23. The summed E-state index contributed by atoms with van der Waals surface area (Å²) in [5.41, 5.74) is 3.90. The number of rotatable bonds is 3. The third-order valence-electron chi connectivity index (χ3n) is 7.69. The lowest BCUT2D eigenvalue weighted by molar-refractivity contribution is -0.124. The van der Waals surface area contributed by atoms with Crippen LogP contribution in [-0.2, 0) is 9.59 Å². The maximum atomic E-state index is 13.2. The minimum Gasteiger partial charge on any atom is -0.322 e. The van der Waals surface area contributed by atoms with Crippen LogP contribution in [0.2, 0.25) is 0 Å². The zero-order chi connectivity index (χ0) is 21.4. The number of amides is 3. The van der Waals surface area contributed by atoms with Crippen LogP contribution in [0, 0.1) is 49.4 Å². The van der Waals surface area contributed by atoms with Gasteiger partial charge in [-0.25, -0.2) is 0 Å². The van der Waals surface area contributed by atoms with Crippen molar-refractivity contribution in [3.05, 3.63) is 71.3 Å². The van der Waals surface area contributed by atoms with Crippen LogP contribution in [0.1, 0.15) is 27.9 Å². The van der Waals surface area contributed by atoms with Crippen LogP contribution in [0.15, 0.2) is 54.6 Å². The molecule has 1 saturated heterocycles. The highest BCUT2D eigenvalue weighted by molar-refractivity contribution is 6.22. The zero-order valence-electron chi connectivity index (χ0n) is 17.5. The van der Waals surface area contributed by atoms with Gasteiger partial charge >= 0.3 is 0 Å². The highest BCUT2D eigenvalue weighted by Gasteiger charge is 2.67. The predicted octanol–water partition coefficient (Wildman–Crippen LogP) is 4.11. The van der Waals surface area contributed by atoms with Gasteiger partial charge in [0.15, 0.2) is 0 Å². The van der Waals surface area contributed by atoms with Crippen LogP contribution < -0.4 is 10.2 Å². The molecule has 0 spiro atoms. The smallest absolute Gasteiger partial charge is 0.255 e. The van der Waals surface area contributed by atoms with E-state index in [1.165, 1.54) is 4.90 Å². The summed E-state index contributed by atoms with van der Waals surface area (Å²) in [5, 5.41) is 2.95. The molecule has 0 aromatic heterocycles. The van der Waals surface area contributed by atoms with Crippen LogP contribution in [0.5, 0.6) is 0 Å². The van der Waals surface area contributed by atoms with E-state index in [0.29, 0.717) is 23.1 Å². The predicted molar refractivity (Wildman–Crippen MR) is 118 cm³/mol. The van der Waals surface area contributed by atoms with E-state index < -0.39 is 0 Å². The normalized spacial score (nSPS) is 32.1. The number of hydrogen-bond acceptors (Lipinski definition) is 3. The maximum absolute atomic E-state index is 13.2. The molecule has 5 nitrogen and oxygen atoms in total. The Labute approximate surface area is 181 Å². The third-order valence-corrected chi connectivity index (χ3v) is 7.69. The van der Waals surface area contributed by atoms with Gasteiger partial charge in [-0.3, -0.25) is 19.3 Å². The molecule has 31 heavy (non-hydrogen) atoms. The summed E-state index contributed by atoms with van der Waals surface area (Å²) < 4.78 is 0. The number of nitrogens with one attached hydrogen (secondary N) is 1. The molecule has 7 rings (SSSR count). The van der Waals surface area contributed by atoms with Gasteiger partial charge in [0.05, 0.1) is 17.5 Å². The van der Waals surface area contributed by atoms with Gasteiger partial charge in [-0.05, 0) is 85.4 Å². The Morgan fingerprint density at radius 3 is 2.13 bits per heavy atom. The molecule has 1 heterocycles. The Morgan fingerprint density at radius 2 is 1.52 bits per heavy atom. The highest BCUT2D eigenvalue weighted by atomic mass is 16.2. The van der Waals surface area contributed by atoms with Gasteiger partial charge in [0.1, 0.15) is 0 Å². The summed E-state index contributed by atoms with van der Waals surface area (Å²) in [5.74, 6) is 0.813. The molecular formula is C26H24N2O3.